The lowest BCUT2D eigenvalue weighted by molar-refractivity contribution is 0.767. The maximum atomic E-state index is 5.92. The van der Waals surface area contributed by atoms with Crippen LogP contribution in [0.4, 0.5) is 5.82 Å². The van der Waals surface area contributed by atoms with Crippen molar-refractivity contribution in [3.8, 4) is 0 Å². The summed E-state index contributed by atoms with van der Waals surface area (Å²) in [6.45, 7) is 8.63. The summed E-state index contributed by atoms with van der Waals surface area (Å²) in [4.78, 5) is 0. The Morgan fingerprint density at radius 1 is 1.43 bits per heavy atom. The molecule has 2 N–H and O–H groups in total. The molecule has 0 unspecified atom stereocenters. The van der Waals surface area contributed by atoms with E-state index < -0.39 is 0 Å². The molecule has 1 heterocycles. The van der Waals surface area contributed by atoms with Crippen LogP contribution in [0.1, 0.15) is 32.0 Å². The van der Waals surface area contributed by atoms with Gasteiger partial charge in [-0.15, -0.1) is 0 Å². The van der Waals surface area contributed by atoms with Gasteiger partial charge in [0.25, 0.3) is 0 Å². The largest absolute Gasteiger partial charge is 0.384 e. The fourth-order valence-electron chi connectivity index (χ4n) is 1.19. The Labute approximate surface area is 90.1 Å². The molecule has 0 aliphatic heterocycles. The molecule has 1 aromatic rings. The van der Waals surface area contributed by atoms with Gasteiger partial charge in [-0.05, 0) is 6.92 Å². The topological polar surface area (TPSA) is 43.8 Å². The highest BCUT2D eigenvalue weighted by Gasteiger charge is 2.15. The second-order valence-electron chi connectivity index (χ2n) is 4.47. The molecule has 0 fully saturated rings. The van der Waals surface area contributed by atoms with Gasteiger partial charge < -0.3 is 5.73 Å². The van der Waals surface area contributed by atoms with E-state index >= 15 is 0 Å². The van der Waals surface area contributed by atoms with E-state index in [1.165, 1.54) is 5.56 Å². The molecule has 3 nitrogen and oxygen atoms in total. The molecule has 14 heavy (non-hydrogen) atoms. The summed E-state index contributed by atoms with van der Waals surface area (Å²) >= 11 is 1.89. The van der Waals surface area contributed by atoms with Crippen LogP contribution in [0.5, 0.6) is 0 Å². The summed E-state index contributed by atoms with van der Waals surface area (Å²) in [5.74, 6) is 1.73. The van der Waals surface area contributed by atoms with E-state index in [1.54, 1.807) is 4.68 Å². The highest BCUT2D eigenvalue weighted by molar-refractivity contribution is 7.99. The van der Waals surface area contributed by atoms with Crippen molar-refractivity contribution in [2.24, 2.45) is 7.05 Å². The molecule has 0 amide bonds. The standard InChI is InChI=1S/C10H19N3S/c1-7-8(6-14-10(2,3)4)9(11)13(5)12-7/h6,11H2,1-5H3. The van der Waals surface area contributed by atoms with E-state index in [-0.39, 0.29) is 4.75 Å². The van der Waals surface area contributed by atoms with Gasteiger partial charge in [-0.1, -0.05) is 20.8 Å². The number of hydrogen-bond donors (Lipinski definition) is 1. The summed E-state index contributed by atoms with van der Waals surface area (Å²) in [7, 11) is 1.88. The van der Waals surface area contributed by atoms with Crippen molar-refractivity contribution in [3.05, 3.63) is 11.3 Å². The van der Waals surface area contributed by atoms with E-state index in [9.17, 15) is 0 Å². The fraction of sp³-hybridized carbons (Fsp3) is 0.700. The molecule has 0 aliphatic rings. The van der Waals surface area contributed by atoms with Crippen LogP contribution in [0.3, 0.4) is 0 Å². The van der Waals surface area contributed by atoms with Gasteiger partial charge in [0, 0.05) is 23.1 Å². The number of anilines is 1. The maximum absolute atomic E-state index is 5.92. The van der Waals surface area contributed by atoms with Crippen LogP contribution < -0.4 is 5.73 Å². The summed E-state index contributed by atoms with van der Waals surface area (Å²) in [6, 6.07) is 0. The van der Waals surface area contributed by atoms with Crippen molar-refractivity contribution in [1.82, 2.24) is 9.78 Å². The third-order valence-electron chi connectivity index (χ3n) is 2.04. The van der Waals surface area contributed by atoms with Crippen LogP contribution in [-0.2, 0) is 12.8 Å². The summed E-state index contributed by atoms with van der Waals surface area (Å²) in [5.41, 5.74) is 8.14. The van der Waals surface area contributed by atoms with E-state index in [0.29, 0.717) is 0 Å². The molecule has 4 heteroatoms. The van der Waals surface area contributed by atoms with Crippen LogP contribution in [0.25, 0.3) is 0 Å². The predicted octanol–water partition coefficient (Wildman–Crippen LogP) is 2.34. The van der Waals surface area contributed by atoms with E-state index in [0.717, 1.165) is 17.3 Å². The Morgan fingerprint density at radius 3 is 2.36 bits per heavy atom. The first kappa shape index (κ1) is 11.4. The lowest BCUT2D eigenvalue weighted by Gasteiger charge is -2.17. The predicted molar refractivity (Wildman–Crippen MR) is 63.4 cm³/mol. The van der Waals surface area contributed by atoms with Gasteiger partial charge in [0.1, 0.15) is 5.82 Å². The van der Waals surface area contributed by atoms with Gasteiger partial charge in [-0.25, -0.2) is 0 Å². The summed E-state index contributed by atoms with van der Waals surface area (Å²) < 4.78 is 2.02. The quantitative estimate of drug-likeness (QED) is 0.820. The minimum absolute atomic E-state index is 0.273. The highest BCUT2D eigenvalue weighted by Crippen LogP contribution is 2.30. The number of thioether (sulfide) groups is 1. The number of nitrogen functional groups attached to an aromatic ring is 1. The summed E-state index contributed by atoms with van der Waals surface area (Å²) in [5, 5.41) is 4.29. The molecule has 1 rings (SSSR count). The molecular formula is C10H19N3S. The average Bonchev–Trinajstić information content (AvgIpc) is 2.23. The number of nitrogens with two attached hydrogens (primary N) is 1. The van der Waals surface area contributed by atoms with Gasteiger partial charge in [-0.3, -0.25) is 4.68 Å². The molecule has 0 aromatic carbocycles. The van der Waals surface area contributed by atoms with Crippen molar-refractivity contribution >= 4 is 17.6 Å². The van der Waals surface area contributed by atoms with E-state index in [2.05, 4.69) is 25.9 Å². The molecule has 0 bridgehead atoms. The molecule has 0 radical (unpaired) electrons. The smallest absolute Gasteiger partial charge is 0.125 e. The minimum Gasteiger partial charge on any atom is -0.384 e. The Kier molecular flexibility index (Phi) is 3.14. The third-order valence-corrected chi connectivity index (χ3v) is 3.34. The highest BCUT2D eigenvalue weighted by atomic mass is 32.2. The molecule has 80 valence electrons. The average molecular weight is 213 g/mol. The molecule has 0 spiro atoms. The van der Waals surface area contributed by atoms with Crippen molar-refractivity contribution in [3.63, 3.8) is 0 Å². The van der Waals surface area contributed by atoms with Crippen LogP contribution in [-0.4, -0.2) is 14.5 Å². The van der Waals surface area contributed by atoms with Crippen LogP contribution in [0.2, 0.25) is 0 Å². The first-order valence-electron chi connectivity index (χ1n) is 4.73. The lowest BCUT2D eigenvalue weighted by Crippen LogP contribution is -2.08. The molecule has 0 atom stereocenters. The zero-order chi connectivity index (χ0) is 10.9. The number of aromatic nitrogens is 2. The maximum Gasteiger partial charge on any atom is 0.125 e. The van der Waals surface area contributed by atoms with Crippen LogP contribution in [0, 0.1) is 6.92 Å². The second-order valence-corrected chi connectivity index (χ2v) is 6.28. The van der Waals surface area contributed by atoms with Gasteiger partial charge in [0.2, 0.25) is 0 Å². The van der Waals surface area contributed by atoms with E-state index in [4.69, 9.17) is 5.73 Å². The first-order valence-corrected chi connectivity index (χ1v) is 5.72. The Morgan fingerprint density at radius 2 is 2.00 bits per heavy atom. The zero-order valence-corrected chi connectivity index (χ0v) is 10.4. The second kappa shape index (κ2) is 3.85. The molecule has 0 saturated carbocycles. The SMILES string of the molecule is Cc1nn(C)c(N)c1CSC(C)(C)C. The number of nitrogens with zero attached hydrogens (tertiary/aromatic N) is 2. The van der Waals surface area contributed by atoms with Crippen molar-refractivity contribution in [2.75, 3.05) is 5.73 Å². The minimum atomic E-state index is 0.273. The van der Waals surface area contributed by atoms with Crippen LogP contribution >= 0.6 is 11.8 Å². The third kappa shape index (κ3) is 2.67. The van der Waals surface area contributed by atoms with Crippen molar-refractivity contribution < 1.29 is 0 Å². The first-order chi connectivity index (χ1) is 6.31. The monoisotopic (exact) mass is 213 g/mol. The number of hydrogen-bond acceptors (Lipinski definition) is 3. The van der Waals surface area contributed by atoms with Gasteiger partial charge in [-0.2, -0.15) is 16.9 Å². The Bertz CT molecular complexity index is 323. The molecule has 0 saturated heterocycles. The molecule has 0 aliphatic carbocycles. The van der Waals surface area contributed by atoms with Crippen LogP contribution in [0.15, 0.2) is 0 Å². The Balaban J connectivity index is 2.77. The van der Waals surface area contributed by atoms with Crippen molar-refractivity contribution in [2.45, 2.75) is 38.2 Å². The Hall–Kier alpha value is -0.640. The fourth-order valence-corrected chi connectivity index (χ4v) is 2.12. The summed E-state index contributed by atoms with van der Waals surface area (Å²) in [6.07, 6.45) is 0. The zero-order valence-electron chi connectivity index (χ0n) is 9.59. The van der Waals surface area contributed by atoms with Gasteiger partial charge >= 0.3 is 0 Å². The van der Waals surface area contributed by atoms with E-state index in [1.807, 2.05) is 25.7 Å². The van der Waals surface area contributed by atoms with Gasteiger partial charge in [0.05, 0.1) is 5.69 Å². The number of aryl methyl sites for hydroxylation is 2. The lowest BCUT2D eigenvalue weighted by atomic mass is 10.2. The van der Waals surface area contributed by atoms with Crippen molar-refractivity contribution in [1.29, 1.82) is 0 Å². The van der Waals surface area contributed by atoms with Gasteiger partial charge in [0.15, 0.2) is 0 Å². The molecular weight excluding hydrogens is 194 g/mol. The number of rotatable bonds is 2. The molecule has 1 aromatic heterocycles. The normalized spacial score (nSPS) is 12.1.